The average Bonchev–Trinajstić information content (AvgIpc) is 3.04. The van der Waals surface area contributed by atoms with E-state index in [1.165, 1.54) is 10.5 Å². The predicted octanol–water partition coefficient (Wildman–Crippen LogP) is 6.04. The van der Waals surface area contributed by atoms with Gasteiger partial charge in [-0.15, -0.1) is 11.8 Å². The van der Waals surface area contributed by atoms with E-state index < -0.39 is 0 Å². The Kier molecular flexibility index (Phi) is 7.69. The van der Waals surface area contributed by atoms with Crippen LogP contribution in [0.2, 0.25) is 0 Å². The number of hydrogen-bond acceptors (Lipinski definition) is 9. The second-order valence-electron chi connectivity index (χ2n) is 11.1. The van der Waals surface area contributed by atoms with Gasteiger partial charge in [-0.05, 0) is 80.4 Å². The smallest absolute Gasteiger partial charge is 0.276 e. The third kappa shape index (κ3) is 6.07. The Labute approximate surface area is 254 Å². The topological polar surface area (TPSA) is 97.2 Å². The Morgan fingerprint density at radius 2 is 1.79 bits per heavy atom. The zero-order chi connectivity index (χ0) is 29.2. The maximum atomic E-state index is 14.1. The number of anilines is 4. The zero-order valence-electron chi connectivity index (χ0n) is 23.9. The van der Waals surface area contributed by atoms with E-state index in [-0.39, 0.29) is 17.7 Å². The quantitative estimate of drug-likeness (QED) is 0.235. The van der Waals surface area contributed by atoms with Gasteiger partial charge in [-0.2, -0.15) is 4.98 Å². The van der Waals surface area contributed by atoms with E-state index in [9.17, 15) is 4.79 Å². The van der Waals surface area contributed by atoms with Crippen LogP contribution in [-0.4, -0.2) is 56.4 Å². The van der Waals surface area contributed by atoms with Gasteiger partial charge in [0.2, 0.25) is 5.95 Å². The first kappa shape index (κ1) is 27.4. The molecule has 0 saturated carbocycles. The second-order valence-corrected chi connectivity index (χ2v) is 12.2. The standard InChI is InChI=1S/C33H33N7O2S/c1-39-15-12-28(13-16-39)42-27-10-8-24(9-11-27)37-33-35-19-23-18-29(36-25-6-4-14-34-20-25)32(41)40(31(23)38-33)26-17-22-5-2-3-7-30(22)43-21-26/h2-11,14,18-20,26,28,36H,12-13,15-17,21H2,1H3,(H,35,37,38). The highest BCUT2D eigenvalue weighted by Crippen LogP contribution is 2.36. The number of likely N-dealkylation sites (tertiary alicyclic amines) is 1. The monoisotopic (exact) mass is 591 g/mol. The van der Waals surface area contributed by atoms with Gasteiger partial charge in [-0.25, -0.2) is 4.98 Å². The Hall–Kier alpha value is -4.41. The lowest BCUT2D eigenvalue weighted by molar-refractivity contribution is 0.114. The van der Waals surface area contributed by atoms with Crippen molar-refractivity contribution in [3.8, 4) is 5.75 Å². The minimum atomic E-state index is -0.124. The summed E-state index contributed by atoms with van der Waals surface area (Å²) in [4.78, 5) is 31.3. The number of nitrogens with zero attached hydrogens (tertiary/aromatic N) is 5. The Morgan fingerprint density at radius 1 is 0.953 bits per heavy atom. The zero-order valence-corrected chi connectivity index (χ0v) is 24.8. The molecule has 2 aliphatic heterocycles. The van der Waals surface area contributed by atoms with Crippen molar-refractivity contribution in [2.24, 2.45) is 0 Å². The third-order valence-electron chi connectivity index (χ3n) is 8.02. The third-order valence-corrected chi connectivity index (χ3v) is 9.28. The summed E-state index contributed by atoms with van der Waals surface area (Å²) in [6.07, 6.45) is 8.25. The van der Waals surface area contributed by atoms with E-state index in [0.29, 0.717) is 17.3 Å². The molecule has 1 atom stereocenters. The molecular formula is C33H33N7O2S. The molecule has 218 valence electrons. The van der Waals surface area contributed by atoms with Crippen LogP contribution >= 0.6 is 11.8 Å². The lowest BCUT2D eigenvalue weighted by atomic mass is 10.1. The maximum Gasteiger partial charge on any atom is 0.276 e. The molecule has 1 fully saturated rings. The van der Waals surface area contributed by atoms with Crippen LogP contribution in [0, 0.1) is 0 Å². The van der Waals surface area contributed by atoms with Gasteiger partial charge in [0.15, 0.2) is 0 Å². The number of fused-ring (bicyclic) bond motifs is 2. The van der Waals surface area contributed by atoms with Gasteiger partial charge >= 0.3 is 0 Å². The van der Waals surface area contributed by atoms with Crippen molar-refractivity contribution in [2.45, 2.75) is 36.3 Å². The van der Waals surface area contributed by atoms with Crippen molar-refractivity contribution < 1.29 is 4.74 Å². The first-order valence-corrected chi connectivity index (χ1v) is 15.6. The number of aromatic nitrogens is 4. The highest BCUT2D eigenvalue weighted by atomic mass is 32.2. The van der Waals surface area contributed by atoms with Crippen LogP contribution in [0.5, 0.6) is 5.75 Å². The molecule has 2 aromatic carbocycles. The molecule has 0 bridgehead atoms. The summed E-state index contributed by atoms with van der Waals surface area (Å²) >= 11 is 1.78. The molecule has 1 unspecified atom stereocenters. The largest absolute Gasteiger partial charge is 0.490 e. The lowest BCUT2D eigenvalue weighted by Gasteiger charge is -2.29. The highest BCUT2D eigenvalue weighted by Gasteiger charge is 2.25. The van der Waals surface area contributed by atoms with Crippen molar-refractivity contribution >= 4 is 45.8 Å². The fourth-order valence-electron chi connectivity index (χ4n) is 5.72. The van der Waals surface area contributed by atoms with E-state index in [1.54, 1.807) is 30.4 Å². The summed E-state index contributed by atoms with van der Waals surface area (Å²) < 4.78 is 8.04. The van der Waals surface area contributed by atoms with Crippen molar-refractivity contribution in [3.63, 3.8) is 0 Å². The second kappa shape index (κ2) is 12.1. The number of nitrogens with one attached hydrogen (secondary N) is 2. The molecule has 0 radical (unpaired) electrons. The number of benzene rings is 2. The molecule has 3 aromatic heterocycles. The lowest BCUT2D eigenvalue weighted by Crippen LogP contribution is -2.35. The van der Waals surface area contributed by atoms with Crippen LogP contribution in [0.4, 0.5) is 23.0 Å². The number of hydrogen-bond donors (Lipinski definition) is 2. The summed E-state index contributed by atoms with van der Waals surface area (Å²) in [6, 6.07) is 21.8. The van der Waals surface area contributed by atoms with Crippen molar-refractivity contribution in [3.05, 3.63) is 101 Å². The molecule has 0 aliphatic carbocycles. The van der Waals surface area contributed by atoms with Gasteiger partial charge in [-0.1, -0.05) is 18.2 Å². The van der Waals surface area contributed by atoms with Gasteiger partial charge < -0.3 is 20.3 Å². The summed E-state index contributed by atoms with van der Waals surface area (Å²) in [7, 11) is 2.15. The summed E-state index contributed by atoms with van der Waals surface area (Å²) in [5.41, 5.74) is 3.78. The van der Waals surface area contributed by atoms with Crippen molar-refractivity contribution in [1.29, 1.82) is 0 Å². The normalized spacial score (nSPS) is 17.4. The van der Waals surface area contributed by atoms with Crippen LogP contribution in [0.1, 0.15) is 24.4 Å². The Balaban J connectivity index is 1.19. The highest BCUT2D eigenvalue weighted by molar-refractivity contribution is 7.99. The van der Waals surface area contributed by atoms with Crippen LogP contribution < -0.4 is 20.9 Å². The predicted molar refractivity (Wildman–Crippen MR) is 172 cm³/mol. The fourth-order valence-corrected chi connectivity index (χ4v) is 6.87. The molecule has 7 rings (SSSR count). The molecule has 9 nitrogen and oxygen atoms in total. The molecule has 2 aliphatic rings. The van der Waals surface area contributed by atoms with E-state index in [2.05, 4.69) is 56.8 Å². The number of rotatable bonds is 7. The molecule has 2 N–H and O–H groups in total. The van der Waals surface area contributed by atoms with E-state index in [4.69, 9.17) is 9.72 Å². The van der Waals surface area contributed by atoms with Crippen LogP contribution in [0.25, 0.3) is 11.0 Å². The summed E-state index contributed by atoms with van der Waals surface area (Å²) in [5, 5.41) is 7.37. The Morgan fingerprint density at radius 3 is 2.60 bits per heavy atom. The van der Waals surface area contributed by atoms with Gasteiger partial charge in [-0.3, -0.25) is 14.3 Å². The fraction of sp³-hybridized carbons (Fsp3) is 0.273. The van der Waals surface area contributed by atoms with Gasteiger partial charge in [0.25, 0.3) is 5.56 Å². The number of thioether (sulfide) groups is 1. The number of pyridine rings is 2. The van der Waals surface area contributed by atoms with Gasteiger partial charge in [0, 0.05) is 47.2 Å². The van der Waals surface area contributed by atoms with E-state index in [0.717, 1.165) is 60.6 Å². The molecule has 5 aromatic rings. The minimum Gasteiger partial charge on any atom is -0.490 e. The number of piperidine rings is 1. The Bertz CT molecular complexity index is 1790. The molecule has 0 amide bonds. The molecule has 1 saturated heterocycles. The van der Waals surface area contributed by atoms with E-state index >= 15 is 0 Å². The first-order valence-electron chi connectivity index (χ1n) is 14.6. The summed E-state index contributed by atoms with van der Waals surface area (Å²) in [5.74, 6) is 2.06. The molecule has 10 heteroatoms. The molecule has 5 heterocycles. The van der Waals surface area contributed by atoms with Crippen molar-refractivity contribution in [2.75, 3.05) is 36.5 Å². The van der Waals surface area contributed by atoms with E-state index in [1.807, 2.05) is 47.0 Å². The van der Waals surface area contributed by atoms with Gasteiger partial charge in [0.1, 0.15) is 23.2 Å². The average molecular weight is 592 g/mol. The van der Waals surface area contributed by atoms with Crippen LogP contribution in [0.15, 0.2) is 95.0 Å². The summed E-state index contributed by atoms with van der Waals surface area (Å²) in [6.45, 7) is 2.11. The molecule has 0 spiro atoms. The van der Waals surface area contributed by atoms with Gasteiger partial charge in [0.05, 0.1) is 17.9 Å². The molecule has 43 heavy (non-hydrogen) atoms. The maximum absolute atomic E-state index is 14.1. The first-order chi connectivity index (χ1) is 21.1. The SMILES string of the molecule is CN1CCC(Oc2ccc(Nc3ncc4cc(Nc5cccnc5)c(=O)n(C5CSc6ccccc6C5)c4n3)cc2)CC1. The van der Waals surface area contributed by atoms with Crippen molar-refractivity contribution in [1.82, 2.24) is 24.4 Å². The van der Waals surface area contributed by atoms with Crippen LogP contribution in [0.3, 0.4) is 0 Å². The number of ether oxygens (including phenoxy) is 1. The molecular weight excluding hydrogens is 558 g/mol. The van der Waals surface area contributed by atoms with Crippen LogP contribution in [-0.2, 0) is 6.42 Å². The minimum absolute atomic E-state index is 0.0655.